The van der Waals surface area contributed by atoms with Gasteiger partial charge >= 0.3 is 6.09 Å². The first-order valence-electron chi connectivity index (χ1n) is 12.0. The number of methoxy groups -OCH3 is 1. The molecule has 10 nitrogen and oxygen atoms in total. The Bertz CT molecular complexity index is 1270. The summed E-state index contributed by atoms with van der Waals surface area (Å²) in [6, 6.07) is 12.5. The SMILES string of the molecule is CCN=C(c1ccc([N+](=O)[O-])cc1)N1CCCc2cc(C3=NN(C(=O)OC)C(C=O)SC3(C)C)ccc21. The lowest BCUT2D eigenvalue weighted by Gasteiger charge is -2.38. The average Bonchev–Trinajstić information content (AvgIpc) is 2.90. The minimum absolute atomic E-state index is 0.0369. The molecule has 0 saturated carbocycles. The predicted molar refractivity (Wildman–Crippen MR) is 145 cm³/mol. The van der Waals surface area contributed by atoms with E-state index in [4.69, 9.17) is 9.73 Å². The number of carbonyl (C=O) groups is 2. The molecular weight excluding hydrogens is 494 g/mol. The molecule has 1 amide bonds. The van der Waals surface area contributed by atoms with Crippen LogP contribution >= 0.6 is 11.8 Å². The van der Waals surface area contributed by atoms with Crippen LogP contribution in [0.5, 0.6) is 0 Å². The number of carbonyl (C=O) groups excluding carboxylic acids is 2. The Morgan fingerprint density at radius 2 is 2.03 bits per heavy atom. The van der Waals surface area contributed by atoms with Crippen molar-refractivity contribution in [3.8, 4) is 0 Å². The molecule has 0 bridgehead atoms. The van der Waals surface area contributed by atoms with Crippen molar-refractivity contribution in [3.63, 3.8) is 0 Å². The predicted octanol–water partition coefficient (Wildman–Crippen LogP) is 4.64. The maximum absolute atomic E-state index is 12.3. The summed E-state index contributed by atoms with van der Waals surface area (Å²) in [4.78, 5) is 41.5. The van der Waals surface area contributed by atoms with Gasteiger partial charge in [0.1, 0.15) is 5.84 Å². The van der Waals surface area contributed by atoms with Crippen molar-refractivity contribution >= 4 is 47.1 Å². The third kappa shape index (κ3) is 5.22. The molecule has 11 heteroatoms. The normalized spacial score (nSPS) is 19.1. The van der Waals surface area contributed by atoms with Crippen molar-refractivity contribution in [1.82, 2.24) is 5.01 Å². The largest absolute Gasteiger partial charge is 0.451 e. The first-order chi connectivity index (χ1) is 17.7. The van der Waals surface area contributed by atoms with Crippen molar-refractivity contribution in [3.05, 3.63) is 69.3 Å². The number of thioether (sulfide) groups is 1. The molecule has 2 heterocycles. The van der Waals surface area contributed by atoms with Crippen molar-refractivity contribution < 1.29 is 19.2 Å². The highest BCUT2D eigenvalue weighted by Gasteiger charge is 2.41. The number of amidine groups is 1. The molecule has 37 heavy (non-hydrogen) atoms. The molecule has 0 radical (unpaired) electrons. The van der Waals surface area contributed by atoms with Crippen LogP contribution in [0.1, 0.15) is 43.9 Å². The van der Waals surface area contributed by atoms with Gasteiger partial charge in [0.2, 0.25) is 0 Å². The number of benzene rings is 2. The number of hydrogen-bond donors (Lipinski definition) is 0. The molecule has 1 atom stereocenters. The third-order valence-electron chi connectivity index (χ3n) is 6.28. The van der Waals surface area contributed by atoms with Crippen LogP contribution in [0.3, 0.4) is 0 Å². The summed E-state index contributed by atoms with van der Waals surface area (Å²) in [5.74, 6) is 0.766. The van der Waals surface area contributed by atoms with Crippen molar-refractivity contribution in [2.45, 2.75) is 43.7 Å². The highest BCUT2D eigenvalue weighted by molar-refractivity contribution is 8.02. The van der Waals surface area contributed by atoms with Gasteiger partial charge in [-0.3, -0.25) is 19.9 Å². The summed E-state index contributed by atoms with van der Waals surface area (Å²) < 4.78 is 4.32. The van der Waals surface area contributed by atoms with E-state index in [0.717, 1.165) is 52.6 Å². The number of anilines is 1. The van der Waals surface area contributed by atoms with Gasteiger partial charge in [0, 0.05) is 36.5 Å². The quantitative estimate of drug-likeness (QED) is 0.184. The zero-order chi connectivity index (χ0) is 26.7. The van der Waals surface area contributed by atoms with Gasteiger partial charge in [-0.05, 0) is 69.0 Å². The van der Waals surface area contributed by atoms with E-state index < -0.39 is 21.1 Å². The third-order valence-corrected chi connectivity index (χ3v) is 7.62. The molecule has 0 fully saturated rings. The van der Waals surface area contributed by atoms with Crippen molar-refractivity contribution in [1.29, 1.82) is 0 Å². The van der Waals surface area contributed by atoms with Crippen LogP contribution in [0.4, 0.5) is 16.2 Å². The Balaban J connectivity index is 1.73. The number of nitro benzene ring substituents is 1. The van der Waals surface area contributed by atoms with E-state index in [1.807, 2.05) is 32.9 Å². The molecule has 0 N–H and O–H groups in total. The first kappa shape index (κ1) is 26.3. The van der Waals surface area contributed by atoms with Crippen LogP contribution in [-0.4, -0.2) is 64.2 Å². The van der Waals surface area contributed by atoms with Gasteiger partial charge in [-0.25, -0.2) is 4.79 Å². The number of hydrazone groups is 1. The van der Waals surface area contributed by atoms with E-state index in [1.165, 1.54) is 31.0 Å². The Labute approximate surface area is 219 Å². The van der Waals surface area contributed by atoms with E-state index in [9.17, 15) is 19.7 Å². The second kappa shape index (κ2) is 10.7. The summed E-state index contributed by atoms with van der Waals surface area (Å²) in [6.07, 6.45) is 1.77. The van der Waals surface area contributed by atoms with Gasteiger partial charge in [-0.1, -0.05) is 6.07 Å². The van der Waals surface area contributed by atoms with E-state index in [0.29, 0.717) is 18.5 Å². The van der Waals surface area contributed by atoms with Gasteiger partial charge in [-0.2, -0.15) is 10.1 Å². The summed E-state index contributed by atoms with van der Waals surface area (Å²) in [6.45, 7) is 7.25. The lowest BCUT2D eigenvalue weighted by atomic mass is 9.93. The van der Waals surface area contributed by atoms with Crippen molar-refractivity contribution in [2.24, 2.45) is 10.1 Å². The van der Waals surface area contributed by atoms with Gasteiger partial charge in [0.25, 0.3) is 5.69 Å². The molecule has 0 saturated heterocycles. The number of aldehydes is 1. The van der Waals surface area contributed by atoms with Crippen LogP contribution in [0, 0.1) is 10.1 Å². The molecule has 2 aromatic carbocycles. The molecule has 0 spiro atoms. The lowest BCUT2D eigenvalue weighted by Crippen LogP contribution is -2.47. The fourth-order valence-electron chi connectivity index (χ4n) is 4.60. The molecule has 4 rings (SSSR count). The van der Waals surface area contributed by atoms with Gasteiger partial charge in [0.05, 0.1) is 22.5 Å². The maximum Gasteiger partial charge on any atom is 0.431 e. The fraction of sp³-hybridized carbons (Fsp3) is 0.385. The Morgan fingerprint density at radius 1 is 1.30 bits per heavy atom. The van der Waals surface area contributed by atoms with Gasteiger partial charge in [-0.15, -0.1) is 11.8 Å². The van der Waals surface area contributed by atoms with Crippen molar-refractivity contribution in [2.75, 3.05) is 25.1 Å². The first-order valence-corrected chi connectivity index (χ1v) is 12.9. The Hall–Kier alpha value is -3.73. The number of non-ortho nitro benzene ring substituents is 1. The lowest BCUT2D eigenvalue weighted by molar-refractivity contribution is -0.384. The summed E-state index contributed by atoms with van der Waals surface area (Å²) in [5, 5.41) is 16.0. The highest BCUT2D eigenvalue weighted by atomic mass is 32.2. The number of fused-ring (bicyclic) bond motifs is 1. The van der Waals surface area contributed by atoms with Crippen LogP contribution in [0.25, 0.3) is 0 Å². The molecule has 0 aromatic heterocycles. The molecule has 0 aliphatic carbocycles. The molecule has 194 valence electrons. The standard InChI is InChI=1S/C26H29N5O5S/c1-5-27-24(17-8-11-20(12-9-17)31(34)35)29-14-6-7-18-15-19(10-13-21(18)29)23-26(2,3)37-22(16-32)30(28-23)25(33)36-4/h8-13,15-16,22H,5-7,14H2,1-4H3. The van der Waals surface area contributed by atoms with Crippen LogP contribution < -0.4 is 4.90 Å². The number of aryl methyl sites for hydroxylation is 1. The van der Waals surface area contributed by atoms with Gasteiger partial charge < -0.3 is 9.64 Å². The second-order valence-electron chi connectivity index (χ2n) is 9.12. The van der Waals surface area contributed by atoms with E-state index >= 15 is 0 Å². The zero-order valence-electron chi connectivity index (χ0n) is 21.2. The zero-order valence-corrected chi connectivity index (χ0v) is 22.0. The highest BCUT2D eigenvalue weighted by Crippen LogP contribution is 2.39. The Morgan fingerprint density at radius 3 is 2.65 bits per heavy atom. The summed E-state index contributed by atoms with van der Waals surface area (Å²) >= 11 is 1.34. The topological polar surface area (TPSA) is 118 Å². The minimum atomic E-state index is -0.770. The second-order valence-corrected chi connectivity index (χ2v) is 10.9. The number of hydrogen-bond acceptors (Lipinski definition) is 8. The number of nitro groups is 1. The minimum Gasteiger partial charge on any atom is -0.451 e. The van der Waals surface area contributed by atoms with E-state index in [1.54, 1.807) is 12.1 Å². The molecular formula is C26H29N5O5S. The number of nitrogens with zero attached hydrogens (tertiary/aromatic N) is 5. The van der Waals surface area contributed by atoms with Crippen LogP contribution in [0.15, 0.2) is 52.6 Å². The Kier molecular flexibility index (Phi) is 7.63. The smallest absolute Gasteiger partial charge is 0.431 e. The number of aliphatic imine (C=N–C) groups is 1. The van der Waals surface area contributed by atoms with Crippen LogP contribution in [-0.2, 0) is 16.0 Å². The maximum atomic E-state index is 12.3. The summed E-state index contributed by atoms with van der Waals surface area (Å²) in [7, 11) is 1.26. The summed E-state index contributed by atoms with van der Waals surface area (Å²) in [5.41, 5.74) is 4.51. The molecule has 2 aliphatic rings. The van der Waals surface area contributed by atoms with E-state index in [2.05, 4.69) is 16.1 Å². The number of rotatable bonds is 5. The average molecular weight is 524 g/mol. The number of ether oxygens (including phenoxy) is 1. The van der Waals surface area contributed by atoms with E-state index in [-0.39, 0.29) is 5.69 Å². The van der Waals surface area contributed by atoms with Gasteiger partial charge in [0.15, 0.2) is 11.7 Å². The monoisotopic (exact) mass is 523 g/mol. The fourth-order valence-corrected chi connectivity index (χ4v) is 5.76. The van der Waals surface area contributed by atoms with Crippen LogP contribution in [0.2, 0.25) is 0 Å². The molecule has 1 unspecified atom stereocenters. The number of amides is 1. The molecule has 2 aliphatic heterocycles. The molecule has 2 aromatic rings.